The number of carbonyl (C=O) groups excluding carboxylic acids is 2. The molecule has 5 rings (SSSR count). The third-order valence-corrected chi connectivity index (χ3v) is 8.81. The zero-order chi connectivity index (χ0) is 31.3. The van der Waals surface area contributed by atoms with E-state index >= 15 is 0 Å². The molecule has 3 aliphatic rings. The van der Waals surface area contributed by atoms with Gasteiger partial charge in [-0.1, -0.05) is 37.8 Å². The normalized spacial score (nSPS) is 19.3. The summed E-state index contributed by atoms with van der Waals surface area (Å²) in [5.74, 6) is -0.801. The summed E-state index contributed by atoms with van der Waals surface area (Å²) in [4.78, 5) is 59.7. The lowest BCUT2D eigenvalue weighted by Gasteiger charge is -2.36. The van der Waals surface area contributed by atoms with Gasteiger partial charge in [0.1, 0.15) is 6.61 Å². The molecule has 2 aliphatic heterocycles. The Kier molecular flexibility index (Phi) is 8.24. The number of benzene rings is 1. The largest absolute Gasteiger partial charge is 0.471 e. The van der Waals surface area contributed by atoms with Crippen molar-refractivity contribution in [3.05, 3.63) is 86.9 Å². The lowest BCUT2D eigenvalue weighted by molar-refractivity contribution is -0.192. The molecule has 12 heteroatoms. The lowest BCUT2D eigenvalue weighted by Crippen LogP contribution is -2.46. The Morgan fingerprint density at radius 1 is 1.23 bits per heavy atom. The molecule has 2 N–H and O–H groups in total. The minimum Gasteiger partial charge on any atom is -0.458 e. The number of phosphoric ester groups is 1. The summed E-state index contributed by atoms with van der Waals surface area (Å²) in [6.45, 7) is 11.1. The second-order valence-electron chi connectivity index (χ2n) is 11.1. The zero-order valence-electron chi connectivity index (χ0n) is 24.6. The van der Waals surface area contributed by atoms with E-state index in [-0.39, 0.29) is 48.2 Å². The summed E-state index contributed by atoms with van der Waals surface area (Å²) in [5, 5.41) is 0. The van der Waals surface area contributed by atoms with Crippen LogP contribution in [0.2, 0.25) is 0 Å². The van der Waals surface area contributed by atoms with Crippen LogP contribution >= 0.6 is 7.82 Å². The highest BCUT2D eigenvalue weighted by molar-refractivity contribution is 7.46. The van der Waals surface area contributed by atoms with Gasteiger partial charge >= 0.3 is 13.8 Å². The number of nitrogens with zero attached hydrogens (tertiary/aromatic N) is 2. The van der Waals surface area contributed by atoms with Crippen LogP contribution in [0.25, 0.3) is 16.7 Å². The van der Waals surface area contributed by atoms with E-state index < -0.39 is 26.2 Å². The topological polar surface area (TPSA) is 145 Å². The maximum Gasteiger partial charge on any atom is 0.471 e. The third kappa shape index (κ3) is 5.47. The number of esters is 1. The summed E-state index contributed by atoms with van der Waals surface area (Å²) in [5.41, 5.74) is 4.24. The van der Waals surface area contributed by atoms with Crippen LogP contribution in [0.4, 0.5) is 0 Å². The standard InChI is InChI=1S/C31H35N2O9P/c1-6-31(41-17-42-43(37,38)39)27-14-28-24-13-19(4)21-9-7-8-10-22(21)23(11-12-32(18(2)3)20(5)34)25(24)15-33(28)29(35)26(27)16-40-30(31)36/h7-10,13-14,18H,4,6,11-12,15-17H2,1-3,5H3,(H2,37,38,39)/t31-/m0/s1. The maximum atomic E-state index is 14.0. The van der Waals surface area contributed by atoms with Crippen LogP contribution in [-0.4, -0.2) is 50.5 Å². The highest BCUT2D eigenvalue weighted by Gasteiger charge is 2.49. The van der Waals surface area contributed by atoms with Gasteiger partial charge in [-0.05, 0) is 66.7 Å². The van der Waals surface area contributed by atoms with Gasteiger partial charge in [-0.2, -0.15) is 0 Å². The molecule has 1 amide bonds. The number of hydrogen-bond acceptors (Lipinski definition) is 7. The smallest absolute Gasteiger partial charge is 0.458 e. The van der Waals surface area contributed by atoms with Gasteiger partial charge in [0.25, 0.3) is 5.56 Å². The van der Waals surface area contributed by atoms with Gasteiger partial charge in [0.05, 0.1) is 17.8 Å². The van der Waals surface area contributed by atoms with E-state index in [1.165, 1.54) is 0 Å². The summed E-state index contributed by atoms with van der Waals surface area (Å²) in [6, 6.07) is 9.65. The number of allylic oxidation sites excluding steroid dienone is 4. The number of ether oxygens (including phenoxy) is 2. The minimum atomic E-state index is -4.89. The second kappa shape index (κ2) is 11.5. The zero-order valence-corrected chi connectivity index (χ0v) is 25.5. The molecule has 0 saturated heterocycles. The molecule has 0 unspecified atom stereocenters. The van der Waals surface area contributed by atoms with E-state index in [9.17, 15) is 18.9 Å². The fourth-order valence-corrected chi connectivity index (χ4v) is 6.45. The first-order valence-electron chi connectivity index (χ1n) is 14.1. The van der Waals surface area contributed by atoms with Crippen molar-refractivity contribution in [3.63, 3.8) is 0 Å². The summed E-state index contributed by atoms with van der Waals surface area (Å²) in [7, 11) is -4.89. The molecule has 0 spiro atoms. The predicted molar refractivity (Wildman–Crippen MR) is 159 cm³/mol. The maximum absolute atomic E-state index is 14.0. The quantitative estimate of drug-likeness (QED) is 0.243. The molecule has 11 nitrogen and oxygen atoms in total. The second-order valence-corrected chi connectivity index (χ2v) is 12.3. The number of phosphoric acid groups is 1. The first kappa shape index (κ1) is 30.8. The molecule has 0 bridgehead atoms. The van der Waals surface area contributed by atoms with Crippen molar-refractivity contribution >= 4 is 36.4 Å². The molecule has 0 fully saturated rings. The Balaban J connectivity index is 1.67. The van der Waals surface area contributed by atoms with Crippen molar-refractivity contribution in [1.29, 1.82) is 0 Å². The van der Waals surface area contributed by atoms with Gasteiger partial charge in [-0.25, -0.2) is 9.36 Å². The van der Waals surface area contributed by atoms with Crippen LogP contribution in [0.15, 0.2) is 53.4 Å². The number of pyridine rings is 1. The van der Waals surface area contributed by atoms with E-state index in [4.69, 9.17) is 19.3 Å². The number of cyclic esters (lactones) is 1. The minimum absolute atomic E-state index is 0.0125. The molecular weight excluding hydrogens is 575 g/mol. The fraction of sp³-hybridized carbons (Fsp3) is 0.387. The first-order valence-corrected chi connectivity index (χ1v) is 15.6. The lowest BCUT2D eigenvalue weighted by atomic mass is 9.85. The Morgan fingerprint density at radius 3 is 2.56 bits per heavy atom. The summed E-state index contributed by atoms with van der Waals surface area (Å²) in [6.07, 6.45) is 2.50. The Morgan fingerprint density at radius 2 is 1.93 bits per heavy atom. The van der Waals surface area contributed by atoms with Crippen molar-refractivity contribution in [1.82, 2.24) is 9.47 Å². The molecule has 3 heterocycles. The summed E-state index contributed by atoms with van der Waals surface area (Å²) >= 11 is 0. The highest BCUT2D eigenvalue weighted by Crippen LogP contribution is 2.46. The monoisotopic (exact) mass is 610 g/mol. The van der Waals surface area contributed by atoms with E-state index in [1.807, 2.05) is 49.1 Å². The van der Waals surface area contributed by atoms with Gasteiger partial charge in [0, 0.05) is 30.6 Å². The average molecular weight is 611 g/mol. The van der Waals surface area contributed by atoms with Crippen molar-refractivity contribution in [3.8, 4) is 0 Å². The molecule has 228 valence electrons. The Bertz CT molecular complexity index is 1700. The molecular formula is C31H35N2O9P. The molecule has 0 radical (unpaired) electrons. The van der Waals surface area contributed by atoms with Crippen LogP contribution in [0.1, 0.15) is 68.5 Å². The van der Waals surface area contributed by atoms with Crippen molar-refractivity contribution in [2.45, 2.75) is 65.3 Å². The average Bonchev–Trinajstić information content (AvgIpc) is 3.24. The van der Waals surface area contributed by atoms with E-state index in [2.05, 4.69) is 11.1 Å². The number of hydrogen-bond donors (Lipinski definition) is 2. The van der Waals surface area contributed by atoms with Crippen molar-refractivity contribution in [2.24, 2.45) is 0 Å². The Hall–Kier alpha value is -3.60. The van der Waals surface area contributed by atoms with E-state index in [0.717, 1.165) is 33.4 Å². The van der Waals surface area contributed by atoms with Crippen LogP contribution in [0, 0.1) is 0 Å². The molecule has 1 aromatic heterocycles. The molecule has 1 aromatic carbocycles. The van der Waals surface area contributed by atoms with Crippen molar-refractivity contribution < 1.29 is 37.9 Å². The number of aromatic nitrogens is 1. The number of carbonyl (C=O) groups is 2. The summed E-state index contributed by atoms with van der Waals surface area (Å²) < 4.78 is 28.5. The van der Waals surface area contributed by atoms with Gasteiger partial charge < -0.3 is 28.7 Å². The van der Waals surface area contributed by atoms with Crippen LogP contribution < -0.4 is 5.56 Å². The molecule has 1 atom stereocenters. The van der Waals surface area contributed by atoms with Gasteiger partial charge in [-0.15, -0.1) is 0 Å². The van der Waals surface area contributed by atoms with Crippen LogP contribution in [-0.2, 0) is 46.9 Å². The number of rotatable bonds is 9. The SMILES string of the molecule is C=C1C=C2C(=C(CCN(C(C)=O)C(C)C)c3ccccc31)Cn1c2cc2c(c1=O)COC(=O)[C@@]2(CC)OCOP(=O)(O)O. The predicted octanol–water partition coefficient (Wildman–Crippen LogP) is 4.12. The van der Waals surface area contributed by atoms with Crippen LogP contribution in [0.5, 0.6) is 0 Å². The van der Waals surface area contributed by atoms with Crippen molar-refractivity contribution in [2.75, 3.05) is 13.3 Å². The first-order chi connectivity index (χ1) is 20.3. The van der Waals surface area contributed by atoms with Gasteiger partial charge in [-0.3, -0.25) is 14.1 Å². The molecule has 43 heavy (non-hydrogen) atoms. The van der Waals surface area contributed by atoms with E-state index in [0.29, 0.717) is 18.7 Å². The Labute approximate surface area is 249 Å². The number of amides is 1. The van der Waals surface area contributed by atoms with Gasteiger partial charge in [0.15, 0.2) is 12.4 Å². The fourth-order valence-electron chi connectivity index (χ4n) is 6.26. The highest BCUT2D eigenvalue weighted by atomic mass is 31.2. The third-order valence-electron chi connectivity index (χ3n) is 8.37. The number of fused-ring (bicyclic) bond motifs is 5. The van der Waals surface area contributed by atoms with Crippen LogP contribution in [0.3, 0.4) is 0 Å². The molecule has 1 aliphatic carbocycles. The molecule has 2 aromatic rings. The van der Waals surface area contributed by atoms with Gasteiger partial charge in [0.2, 0.25) is 5.91 Å². The van der Waals surface area contributed by atoms with E-state index in [1.54, 1.807) is 24.5 Å². The molecule has 0 saturated carbocycles.